The number of methoxy groups -OCH3 is 1. The summed E-state index contributed by atoms with van der Waals surface area (Å²) in [6, 6.07) is 9.60. The van der Waals surface area contributed by atoms with Crippen LogP contribution in [0.25, 0.3) is 11.1 Å². The van der Waals surface area contributed by atoms with Crippen molar-refractivity contribution in [1.82, 2.24) is 4.90 Å². The largest absolute Gasteiger partial charge is 0.497 e. The number of benzene rings is 2. The molecule has 3 rings (SSSR count). The maximum absolute atomic E-state index is 13.5. The summed E-state index contributed by atoms with van der Waals surface area (Å²) in [7, 11) is 3.61. The Morgan fingerprint density at radius 1 is 1.33 bits per heavy atom. The molecule has 0 unspecified atom stereocenters. The summed E-state index contributed by atoms with van der Waals surface area (Å²) in [5.74, 6) is 0.462. The van der Waals surface area contributed by atoms with Crippen molar-refractivity contribution in [3.05, 3.63) is 47.2 Å². The molecule has 1 amide bonds. The maximum Gasteiger partial charge on any atom is 0.411 e. The first-order valence-corrected chi connectivity index (χ1v) is 9.10. The lowest BCUT2D eigenvalue weighted by molar-refractivity contribution is 0.142. The van der Waals surface area contributed by atoms with Crippen LogP contribution in [0.4, 0.5) is 14.9 Å². The van der Waals surface area contributed by atoms with Gasteiger partial charge in [-0.2, -0.15) is 0 Å². The second-order valence-corrected chi connectivity index (χ2v) is 7.09. The number of rotatable bonds is 5. The highest BCUT2D eigenvalue weighted by Crippen LogP contribution is 2.34. The third-order valence-electron chi connectivity index (χ3n) is 4.63. The standard InChI is InChI=1S/C20H22ClFN2O3/c1-24-8-7-13(11-24)12-27-20(25)23-19-6-4-15(26-2)10-16(19)14-3-5-18(22)17(21)9-14/h3-6,9-10,13H,7-8,11-12H2,1-2H3,(H,23,25)/t13-/m1/s1. The molecule has 1 fully saturated rings. The van der Waals surface area contributed by atoms with E-state index in [4.69, 9.17) is 21.1 Å². The first-order chi connectivity index (χ1) is 13.0. The van der Waals surface area contributed by atoms with Gasteiger partial charge in [0.1, 0.15) is 11.6 Å². The highest BCUT2D eigenvalue weighted by atomic mass is 35.5. The number of nitrogens with zero attached hydrogens (tertiary/aromatic N) is 1. The topological polar surface area (TPSA) is 50.8 Å². The molecule has 7 heteroatoms. The van der Waals surface area contributed by atoms with Crippen molar-refractivity contribution < 1.29 is 18.7 Å². The fraction of sp³-hybridized carbons (Fsp3) is 0.350. The first kappa shape index (κ1) is 19.5. The van der Waals surface area contributed by atoms with Crippen molar-refractivity contribution in [2.45, 2.75) is 6.42 Å². The van der Waals surface area contributed by atoms with E-state index in [0.29, 0.717) is 35.1 Å². The van der Waals surface area contributed by atoms with Crippen molar-refractivity contribution in [3.8, 4) is 16.9 Å². The van der Waals surface area contributed by atoms with Gasteiger partial charge in [-0.15, -0.1) is 0 Å². The summed E-state index contributed by atoms with van der Waals surface area (Å²) in [5, 5.41) is 2.77. The lowest BCUT2D eigenvalue weighted by atomic mass is 10.0. The Kier molecular flexibility index (Phi) is 6.19. The molecule has 5 nitrogen and oxygen atoms in total. The third-order valence-corrected chi connectivity index (χ3v) is 4.92. The van der Waals surface area contributed by atoms with Gasteiger partial charge in [-0.05, 0) is 55.9 Å². The van der Waals surface area contributed by atoms with Crippen molar-refractivity contribution in [2.75, 3.05) is 39.2 Å². The van der Waals surface area contributed by atoms with Gasteiger partial charge in [-0.3, -0.25) is 5.32 Å². The number of carbonyl (C=O) groups excluding carboxylic acids is 1. The van der Waals surface area contributed by atoms with Crippen LogP contribution >= 0.6 is 11.6 Å². The molecule has 2 aromatic rings. The van der Waals surface area contributed by atoms with Gasteiger partial charge in [0.2, 0.25) is 0 Å². The molecule has 1 N–H and O–H groups in total. The van der Waals surface area contributed by atoms with Gasteiger partial charge in [0.25, 0.3) is 0 Å². The van der Waals surface area contributed by atoms with E-state index in [1.165, 1.54) is 12.1 Å². The summed E-state index contributed by atoms with van der Waals surface area (Å²) < 4.78 is 24.1. The fourth-order valence-electron chi connectivity index (χ4n) is 3.16. The van der Waals surface area contributed by atoms with Gasteiger partial charge in [-0.1, -0.05) is 17.7 Å². The van der Waals surface area contributed by atoms with Crippen molar-refractivity contribution >= 4 is 23.4 Å². The normalized spacial score (nSPS) is 17.0. The molecule has 1 aliphatic rings. The second kappa shape index (κ2) is 8.59. The van der Waals surface area contributed by atoms with E-state index < -0.39 is 11.9 Å². The van der Waals surface area contributed by atoms with Crippen LogP contribution in [0.15, 0.2) is 36.4 Å². The zero-order chi connectivity index (χ0) is 19.4. The van der Waals surface area contributed by atoms with Gasteiger partial charge >= 0.3 is 6.09 Å². The Hall–Kier alpha value is -2.31. The van der Waals surface area contributed by atoms with Crippen LogP contribution in [0.2, 0.25) is 5.02 Å². The van der Waals surface area contributed by atoms with Crippen LogP contribution in [-0.2, 0) is 4.74 Å². The van der Waals surface area contributed by atoms with E-state index in [9.17, 15) is 9.18 Å². The zero-order valence-corrected chi connectivity index (χ0v) is 16.1. The summed E-state index contributed by atoms with van der Waals surface area (Å²) in [4.78, 5) is 14.5. The second-order valence-electron chi connectivity index (χ2n) is 6.68. The zero-order valence-electron chi connectivity index (χ0n) is 15.3. The predicted octanol–water partition coefficient (Wildman–Crippen LogP) is 4.65. The molecule has 1 saturated heterocycles. The van der Waals surface area contributed by atoms with E-state index in [0.717, 1.165) is 19.5 Å². The van der Waals surface area contributed by atoms with E-state index >= 15 is 0 Å². The van der Waals surface area contributed by atoms with Crippen LogP contribution in [0.3, 0.4) is 0 Å². The molecule has 1 atom stereocenters. The van der Waals surface area contributed by atoms with Gasteiger partial charge in [0.15, 0.2) is 0 Å². The molecule has 0 spiro atoms. The maximum atomic E-state index is 13.5. The average Bonchev–Trinajstić information content (AvgIpc) is 3.08. The first-order valence-electron chi connectivity index (χ1n) is 8.72. The minimum atomic E-state index is -0.524. The van der Waals surface area contributed by atoms with Crippen LogP contribution in [0.1, 0.15) is 6.42 Å². The molecule has 2 aromatic carbocycles. The molecule has 0 aliphatic carbocycles. The minimum Gasteiger partial charge on any atom is -0.497 e. The molecule has 1 aliphatic heterocycles. The van der Waals surface area contributed by atoms with Gasteiger partial charge in [-0.25, -0.2) is 9.18 Å². The fourth-order valence-corrected chi connectivity index (χ4v) is 3.34. The van der Waals surface area contributed by atoms with Crippen LogP contribution in [0, 0.1) is 11.7 Å². The molecule has 0 radical (unpaired) electrons. The molecular weight excluding hydrogens is 371 g/mol. The quantitative estimate of drug-likeness (QED) is 0.804. The number of nitrogens with one attached hydrogen (secondary N) is 1. The van der Waals surface area contributed by atoms with Crippen molar-refractivity contribution in [1.29, 1.82) is 0 Å². The van der Waals surface area contributed by atoms with Crippen LogP contribution < -0.4 is 10.1 Å². The third kappa shape index (κ3) is 4.90. The van der Waals surface area contributed by atoms with Gasteiger partial charge in [0, 0.05) is 18.0 Å². The molecular formula is C20H22ClFN2O3. The minimum absolute atomic E-state index is 0.00852. The SMILES string of the molecule is COc1ccc(NC(=O)OC[C@@H]2CCN(C)C2)c(-c2ccc(F)c(Cl)c2)c1. The summed E-state index contributed by atoms with van der Waals surface area (Å²) in [6.07, 6.45) is 0.496. The Bertz CT molecular complexity index is 831. The number of carbonyl (C=O) groups is 1. The lowest BCUT2D eigenvalue weighted by Crippen LogP contribution is -2.21. The van der Waals surface area contributed by atoms with E-state index in [-0.39, 0.29) is 5.02 Å². The molecule has 0 saturated carbocycles. The van der Waals surface area contributed by atoms with E-state index in [1.54, 1.807) is 31.4 Å². The van der Waals surface area contributed by atoms with Gasteiger partial charge < -0.3 is 14.4 Å². The molecule has 27 heavy (non-hydrogen) atoms. The number of hydrogen-bond donors (Lipinski definition) is 1. The monoisotopic (exact) mass is 392 g/mol. The van der Waals surface area contributed by atoms with Crippen molar-refractivity contribution in [2.24, 2.45) is 5.92 Å². The molecule has 0 aromatic heterocycles. The smallest absolute Gasteiger partial charge is 0.411 e. The Morgan fingerprint density at radius 2 is 2.15 bits per heavy atom. The number of hydrogen-bond acceptors (Lipinski definition) is 4. The predicted molar refractivity (Wildman–Crippen MR) is 104 cm³/mol. The number of ether oxygens (including phenoxy) is 2. The summed E-state index contributed by atoms with van der Waals surface area (Å²) in [6.45, 7) is 2.32. The number of likely N-dealkylation sites (tertiary alicyclic amines) is 1. The lowest BCUT2D eigenvalue weighted by Gasteiger charge is -2.15. The van der Waals surface area contributed by atoms with Crippen LogP contribution in [-0.4, -0.2) is 44.8 Å². The average molecular weight is 393 g/mol. The van der Waals surface area contributed by atoms with Crippen molar-refractivity contribution in [3.63, 3.8) is 0 Å². The molecule has 0 bridgehead atoms. The molecule has 144 valence electrons. The summed E-state index contributed by atoms with van der Waals surface area (Å²) >= 11 is 5.91. The number of amides is 1. The Labute approximate surface area is 163 Å². The number of anilines is 1. The van der Waals surface area contributed by atoms with Crippen LogP contribution in [0.5, 0.6) is 5.75 Å². The van der Waals surface area contributed by atoms with E-state index in [1.807, 2.05) is 0 Å². The Balaban J connectivity index is 1.76. The highest BCUT2D eigenvalue weighted by molar-refractivity contribution is 6.31. The summed E-state index contributed by atoms with van der Waals surface area (Å²) in [5.41, 5.74) is 1.86. The van der Waals surface area contributed by atoms with Gasteiger partial charge in [0.05, 0.1) is 24.4 Å². The highest BCUT2D eigenvalue weighted by Gasteiger charge is 2.21. The molecule has 1 heterocycles. The number of halogens is 2. The van der Waals surface area contributed by atoms with E-state index in [2.05, 4.69) is 17.3 Å². The Morgan fingerprint density at radius 3 is 2.81 bits per heavy atom.